The number of rotatable bonds is 3. The molecule has 1 aromatic rings. The maximum atomic E-state index is 6.13. The maximum absolute atomic E-state index is 6.13. The number of hydrazine groups is 1. The van der Waals surface area contributed by atoms with Gasteiger partial charge in [0.1, 0.15) is 0 Å². The summed E-state index contributed by atoms with van der Waals surface area (Å²) in [5.74, 6) is 6.06. The Morgan fingerprint density at radius 2 is 2.18 bits per heavy atom. The van der Waals surface area contributed by atoms with E-state index in [1.807, 2.05) is 31.2 Å². The van der Waals surface area contributed by atoms with Gasteiger partial charge in [0.15, 0.2) is 0 Å². The highest BCUT2D eigenvalue weighted by Crippen LogP contribution is 2.24. The molecule has 0 amide bonds. The van der Waals surface area contributed by atoms with Gasteiger partial charge in [-0.2, -0.15) is 0 Å². The van der Waals surface area contributed by atoms with E-state index >= 15 is 0 Å². The third-order valence-electron chi connectivity index (χ3n) is 2.72. The molecule has 2 rings (SSSR count). The first kappa shape index (κ1) is 12.2. The van der Waals surface area contributed by atoms with Gasteiger partial charge in [0.2, 0.25) is 5.96 Å². The van der Waals surface area contributed by atoms with E-state index in [1.165, 1.54) is 0 Å². The van der Waals surface area contributed by atoms with Crippen LogP contribution < -0.4 is 16.6 Å². The average molecular weight is 253 g/mol. The van der Waals surface area contributed by atoms with Crippen LogP contribution in [0.5, 0.6) is 0 Å². The highest BCUT2D eigenvalue weighted by Gasteiger charge is 2.21. The number of halogens is 1. The molecule has 17 heavy (non-hydrogen) atoms. The van der Waals surface area contributed by atoms with Gasteiger partial charge in [-0.05, 0) is 31.4 Å². The summed E-state index contributed by atoms with van der Waals surface area (Å²) in [7, 11) is 0. The summed E-state index contributed by atoms with van der Waals surface area (Å²) >= 11 is 6.13. The van der Waals surface area contributed by atoms with Crippen LogP contribution in [0.1, 0.15) is 31.4 Å². The van der Waals surface area contributed by atoms with Crippen molar-refractivity contribution in [3.8, 4) is 0 Å². The lowest BCUT2D eigenvalue weighted by molar-refractivity contribution is 0.688. The largest absolute Gasteiger partial charge is 0.349 e. The van der Waals surface area contributed by atoms with E-state index in [-0.39, 0.29) is 6.04 Å². The molecule has 1 atom stereocenters. The smallest absolute Gasteiger partial charge is 0.206 e. The van der Waals surface area contributed by atoms with E-state index in [4.69, 9.17) is 17.4 Å². The van der Waals surface area contributed by atoms with Gasteiger partial charge < -0.3 is 5.32 Å². The van der Waals surface area contributed by atoms with Crippen LogP contribution in [0.4, 0.5) is 0 Å². The zero-order chi connectivity index (χ0) is 12.3. The van der Waals surface area contributed by atoms with E-state index < -0.39 is 0 Å². The number of nitrogens with two attached hydrogens (primary N) is 1. The highest BCUT2D eigenvalue weighted by molar-refractivity contribution is 6.31. The second-order valence-corrected chi connectivity index (χ2v) is 4.65. The Hall–Kier alpha value is -1.26. The van der Waals surface area contributed by atoms with Crippen LogP contribution in [-0.4, -0.2) is 12.0 Å². The second-order valence-electron chi connectivity index (χ2n) is 4.24. The summed E-state index contributed by atoms with van der Waals surface area (Å²) in [5.41, 5.74) is 3.62. The van der Waals surface area contributed by atoms with Crippen molar-refractivity contribution in [2.24, 2.45) is 10.8 Å². The number of hydrogen-bond acceptors (Lipinski definition) is 2. The SMILES string of the molecule is CC(NC(=NC1CC1)NN)c1ccccc1Cl. The number of nitrogens with zero attached hydrogens (tertiary/aromatic N) is 1. The molecule has 1 fully saturated rings. The van der Waals surface area contributed by atoms with Gasteiger partial charge in [0.05, 0.1) is 12.1 Å². The van der Waals surface area contributed by atoms with Crippen LogP contribution in [-0.2, 0) is 0 Å². The fraction of sp³-hybridized carbons (Fsp3) is 0.417. The molecule has 1 aromatic carbocycles. The lowest BCUT2D eigenvalue weighted by atomic mass is 10.1. The highest BCUT2D eigenvalue weighted by atomic mass is 35.5. The second kappa shape index (κ2) is 5.38. The minimum Gasteiger partial charge on any atom is -0.349 e. The monoisotopic (exact) mass is 252 g/mol. The topological polar surface area (TPSA) is 62.4 Å². The lowest BCUT2D eigenvalue weighted by Crippen LogP contribution is -2.42. The van der Waals surface area contributed by atoms with Crippen LogP contribution in [0.15, 0.2) is 29.3 Å². The van der Waals surface area contributed by atoms with Crippen molar-refractivity contribution in [3.63, 3.8) is 0 Å². The van der Waals surface area contributed by atoms with Crippen LogP contribution >= 0.6 is 11.6 Å². The average Bonchev–Trinajstić information content (AvgIpc) is 3.12. The Kier molecular flexibility index (Phi) is 3.86. The van der Waals surface area contributed by atoms with E-state index in [1.54, 1.807) is 0 Å². The predicted octanol–water partition coefficient (Wildman–Crippen LogP) is 1.97. The fourth-order valence-electron chi connectivity index (χ4n) is 1.61. The Bertz CT molecular complexity index is 415. The van der Waals surface area contributed by atoms with Gasteiger partial charge in [-0.25, -0.2) is 10.8 Å². The van der Waals surface area contributed by atoms with E-state index in [9.17, 15) is 0 Å². The lowest BCUT2D eigenvalue weighted by Gasteiger charge is -2.17. The fourth-order valence-corrected chi connectivity index (χ4v) is 1.91. The molecule has 0 saturated heterocycles. The summed E-state index contributed by atoms with van der Waals surface area (Å²) in [6.07, 6.45) is 2.29. The summed E-state index contributed by atoms with van der Waals surface area (Å²) in [5, 5.41) is 3.97. The maximum Gasteiger partial charge on any atom is 0.206 e. The molecule has 92 valence electrons. The summed E-state index contributed by atoms with van der Waals surface area (Å²) < 4.78 is 0. The van der Waals surface area contributed by atoms with E-state index in [0.29, 0.717) is 12.0 Å². The van der Waals surface area contributed by atoms with Crippen molar-refractivity contribution in [3.05, 3.63) is 34.9 Å². The molecule has 0 radical (unpaired) electrons. The quantitative estimate of drug-likeness (QED) is 0.334. The van der Waals surface area contributed by atoms with Crippen molar-refractivity contribution in [2.75, 3.05) is 0 Å². The zero-order valence-corrected chi connectivity index (χ0v) is 10.5. The van der Waals surface area contributed by atoms with Crippen LogP contribution in [0.25, 0.3) is 0 Å². The number of aliphatic imine (C=N–C) groups is 1. The van der Waals surface area contributed by atoms with Gasteiger partial charge in [-0.3, -0.25) is 5.43 Å². The van der Waals surface area contributed by atoms with Gasteiger partial charge in [-0.15, -0.1) is 0 Å². The van der Waals surface area contributed by atoms with Crippen molar-refractivity contribution >= 4 is 17.6 Å². The molecule has 0 aromatic heterocycles. The van der Waals surface area contributed by atoms with Gasteiger partial charge in [0.25, 0.3) is 0 Å². The first-order chi connectivity index (χ1) is 8.20. The Morgan fingerprint density at radius 3 is 2.76 bits per heavy atom. The Labute approximate surface area is 106 Å². The molecule has 1 aliphatic rings. The van der Waals surface area contributed by atoms with Crippen LogP contribution in [0.2, 0.25) is 5.02 Å². The van der Waals surface area contributed by atoms with Crippen molar-refractivity contribution in [1.82, 2.24) is 10.7 Å². The minimum absolute atomic E-state index is 0.0669. The van der Waals surface area contributed by atoms with Crippen LogP contribution in [0.3, 0.4) is 0 Å². The minimum atomic E-state index is 0.0669. The number of hydrogen-bond donors (Lipinski definition) is 3. The molecule has 4 N–H and O–H groups in total. The van der Waals surface area contributed by atoms with Crippen molar-refractivity contribution in [2.45, 2.75) is 31.8 Å². The Morgan fingerprint density at radius 1 is 1.47 bits per heavy atom. The standard InChI is InChI=1S/C12H17ClN4/c1-8(10-4-2-3-5-11(10)13)15-12(17-14)16-9-6-7-9/h2-5,8-9H,6-7,14H2,1H3,(H2,15,16,17). The molecule has 1 saturated carbocycles. The first-order valence-corrected chi connectivity index (χ1v) is 6.14. The summed E-state index contributed by atoms with van der Waals surface area (Å²) in [4.78, 5) is 4.43. The number of benzene rings is 1. The van der Waals surface area contributed by atoms with Crippen molar-refractivity contribution in [1.29, 1.82) is 0 Å². The molecule has 0 heterocycles. The summed E-state index contributed by atoms with van der Waals surface area (Å²) in [6.45, 7) is 2.03. The zero-order valence-electron chi connectivity index (χ0n) is 9.78. The van der Waals surface area contributed by atoms with Gasteiger partial charge in [-0.1, -0.05) is 29.8 Å². The molecule has 1 unspecified atom stereocenters. The first-order valence-electron chi connectivity index (χ1n) is 5.76. The number of nitrogens with one attached hydrogen (secondary N) is 2. The third-order valence-corrected chi connectivity index (χ3v) is 3.06. The van der Waals surface area contributed by atoms with E-state index in [0.717, 1.165) is 23.4 Å². The third kappa shape index (κ3) is 3.35. The number of guanidine groups is 1. The Balaban J connectivity index is 2.04. The van der Waals surface area contributed by atoms with Crippen molar-refractivity contribution < 1.29 is 0 Å². The van der Waals surface area contributed by atoms with Gasteiger partial charge in [0, 0.05) is 5.02 Å². The molecular formula is C12H17ClN4. The molecule has 0 spiro atoms. The predicted molar refractivity (Wildman–Crippen MR) is 70.8 cm³/mol. The molecule has 1 aliphatic carbocycles. The van der Waals surface area contributed by atoms with E-state index in [2.05, 4.69) is 15.7 Å². The molecule has 5 heteroatoms. The molecule has 0 bridgehead atoms. The summed E-state index contributed by atoms with van der Waals surface area (Å²) in [6, 6.07) is 8.24. The van der Waals surface area contributed by atoms with Crippen LogP contribution in [0, 0.1) is 0 Å². The molecular weight excluding hydrogens is 236 g/mol. The molecule has 0 aliphatic heterocycles. The molecule has 4 nitrogen and oxygen atoms in total. The van der Waals surface area contributed by atoms with Gasteiger partial charge >= 0.3 is 0 Å². The normalized spacial score (nSPS) is 17.7.